The molecule has 0 radical (unpaired) electrons. The number of carbonyl (C=O) groups is 5. The highest BCUT2D eigenvalue weighted by Gasteiger charge is 2.52. The van der Waals surface area contributed by atoms with E-state index in [0.29, 0.717) is 6.42 Å². The van der Waals surface area contributed by atoms with Crippen molar-refractivity contribution < 1.29 is 47.7 Å². The zero-order valence-electron chi connectivity index (χ0n) is 17.4. The average Bonchev–Trinajstić information content (AvgIpc) is 2.62. The lowest BCUT2D eigenvalue weighted by Gasteiger charge is -2.44. The summed E-state index contributed by atoms with van der Waals surface area (Å²) in [6, 6.07) is -1.19. The number of hydrogen-bond acceptors (Lipinski definition) is 10. The number of amides is 1. The molecule has 0 aromatic rings. The monoisotopic (exact) mass is 429 g/mol. The fraction of sp³-hybridized carbons (Fsp3) is 0.632. The SMILES string of the molecule is C=CCCC(=O)N[C@H]1[C@H](OC(C)=O)O[C@H](COC(C)=O)[C@@H](OC(C)=O)[C@@H]1OC(C)=O. The smallest absolute Gasteiger partial charge is 0.305 e. The highest BCUT2D eigenvalue weighted by molar-refractivity contribution is 5.77. The predicted octanol–water partition coefficient (Wildman–Crippen LogP) is 0.152. The maximum atomic E-state index is 12.3. The van der Waals surface area contributed by atoms with E-state index in [1.165, 1.54) is 6.92 Å². The van der Waals surface area contributed by atoms with E-state index < -0.39 is 60.4 Å². The Balaban J connectivity index is 3.30. The zero-order valence-corrected chi connectivity index (χ0v) is 17.4. The van der Waals surface area contributed by atoms with Gasteiger partial charge in [-0.3, -0.25) is 24.0 Å². The molecule has 1 rings (SSSR count). The fourth-order valence-electron chi connectivity index (χ4n) is 2.81. The van der Waals surface area contributed by atoms with Crippen molar-refractivity contribution in [1.29, 1.82) is 0 Å². The molecule has 168 valence electrons. The molecule has 0 aromatic carbocycles. The third-order valence-electron chi connectivity index (χ3n) is 3.89. The Labute approximate surface area is 174 Å². The average molecular weight is 429 g/mol. The molecule has 5 atom stereocenters. The minimum absolute atomic E-state index is 0.0642. The van der Waals surface area contributed by atoms with E-state index in [1.807, 2.05) is 0 Å². The van der Waals surface area contributed by atoms with Crippen molar-refractivity contribution in [1.82, 2.24) is 5.32 Å². The van der Waals surface area contributed by atoms with Crippen molar-refractivity contribution in [3.8, 4) is 0 Å². The second-order valence-corrected chi connectivity index (χ2v) is 6.52. The number of nitrogens with one attached hydrogen (secondary N) is 1. The van der Waals surface area contributed by atoms with Gasteiger partial charge in [-0.05, 0) is 6.42 Å². The summed E-state index contributed by atoms with van der Waals surface area (Å²) in [5.74, 6) is -3.29. The molecule has 11 heteroatoms. The molecule has 1 amide bonds. The van der Waals surface area contributed by atoms with Crippen LogP contribution < -0.4 is 5.32 Å². The van der Waals surface area contributed by atoms with Crippen molar-refractivity contribution in [2.75, 3.05) is 6.61 Å². The highest BCUT2D eigenvalue weighted by atomic mass is 16.7. The summed E-state index contributed by atoms with van der Waals surface area (Å²) >= 11 is 0. The van der Waals surface area contributed by atoms with Crippen LogP contribution in [0, 0.1) is 0 Å². The first kappa shape index (κ1) is 25.1. The van der Waals surface area contributed by atoms with Crippen LogP contribution in [0.3, 0.4) is 0 Å². The maximum absolute atomic E-state index is 12.3. The quantitative estimate of drug-likeness (QED) is 0.305. The van der Waals surface area contributed by atoms with E-state index in [4.69, 9.17) is 23.7 Å². The molecular weight excluding hydrogens is 402 g/mol. The van der Waals surface area contributed by atoms with Crippen LogP contribution in [-0.4, -0.2) is 67.0 Å². The molecular formula is C19H27NO10. The second kappa shape index (κ2) is 11.9. The molecule has 0 saturated carbocycles. The lowest BCUT2D eigenvalue weighted by Crippen LogP contribution is -2.67. The molecule has 0 aliphatic carbocycles. The van der Waals surface area contributed by atoms with E-state index >= 15 is 0 Å². The molecule has 0 unspecified atom stereocenters. The first-order valence-corrected chi connectivity index (χ1v) is 9.25. The van der Waals surface area contributed by atoms with Gasteiger partial charge >= 0.3 is 23.9 Å². The summed E-state index contributed by atoms with van der Waals surface area (Å²) in [5.41, 5.74) is 0. The summed E-state index contributed by atoms with van der Waals surface area (Å²) < 4.78 is 26.3. The van der Waals surface area contributed by atoms with Crippen LogP contribution in [0.2, 0.25) is 0 Å². The molecule has 11 nitrogen and oxygen atoms in total. The molecule has 0 bridgehead atoms. The van der Waals surface area contributed by atoms with Gasteiger partial charge in [-0.1, -0.05) is 6.08 Å². The molecule has 1 saturated heterocycles. The van der Waals surface area contributed by atoms with E-state index in [0.717, 1.165) is 20.8 Å². The third-order valence-corrected chi connectivity index (χ3v) is 3.89. The summed E-state index contributed by atoms with van der Waals surface area (Å²) in [4.78, 5) is 58.5. The Morgan fingerprint density at radius 2 is 1.47 bits per heavy atom. The van der Waals surface area contributed by atoms with Gasteiger partial charge in [0.2, 0.25) is 12.2 Å². The summed E-state index contributed by atoms with van der Waals surface area (Å²) in [6.45, 7) is 7.70. The lowest BCUT2D eigenvalue weighted by atomic mass is 9.95. The molecule has 1 N–H and O–H groups in total. The molecule has 1 fully saturated rings. The van der Waals surface area contributed by atoms with Crippen molar-refractivity contribution in [3.05, 3.63) is 12.7 Å². The summed E-state index contributed by atoms with van der Waals surface area (Å²) in [6.07, 6.45) is -3.08. The number of rotatable bonds is 9. The number of hydrogen-bond donors (Lipinski definition) is 1. The lowest BCUT2D eigenvalue weighted by molar-refractivity contribution is -0.271. The highest BCUT2D eigenvalue weighted by Crippen LogP contribution is 2.28. The van der Waals surface area contributed by atoms with Crippen LogP contribution in [0.1, 0.15) is 40.5 Å². The molecule has 30 heavy (non-hydrogen) atoms. The fourth-order valence-corrected chi connectivity index (χ4v) is 2.81. The van der Waals surface area contributed by atoms with Crippen LogP contribution in [0.4, 0.5) is 0 Å². The molecule has 0 spiro atoms. The van der Waals surface area contributed by atoms with Gasteiger partial charge in [-0.2, -0.15) is 0 Å². The van der Waals surface area contributed by atoms with E-state index in [1.54, 1.807) is 6.08 Å². The third kappa shape index (κ3) is 8.19. The minimum atomic E-state index is -1.40. The number of ether oxygens (including phenoxy) is 5. The maximum Gasteiger partial charge on any atom is 0.305 e. The van der Waals surface area contributed by atoms with Crippen molar-refractivity contribution in [2.24, 2.45) is 0 Å². The van der Waals surface area contributed by atoms with Gasteiger partial charge in [0.05, 0.1) is 0 Å². The van der Waals surface area contributed by atoms with Gasteiger partial charge in [0, 0.05) is 34.1 Å². The van der Waals surface area contributed by atoms with E-state index in [2.05, 4.69) is 11.9 Å². The van der Waals surface area contributed by atoms with Crippen LogP contribution in [-0.2, 0) is 47.7 Å². The van der Waals surface area contributed by atoms with Gasteiger partial charge in [0.1, 0.15) is 18.8 Å². The van der Waals surface area contributed by atoms with Crippen LogP contribution in [0.25, 0.3) is 0 Å². The summed E-state index contributed by atoms with van der Waals surface area (Å²) in [7, 11) is 0. The topological polar surface area (TPSA) is 144 Å². The standard InChI is InChI=1S/C19H27NO10/c1-6-7-8-15(25)20-16-18(28-12(4)23)17(27-11(3)22)14(9-26-10(2)21)30-19(16)29-13(5)24/h6,14,16-19H,1,7-9H2,2-5H3,(H,20,25)/t14-,16-,17-,18-,19-/m1/s1. The number of allylic oxidation sites excluding steroid dienone is 1. The van der Waals surface area contributed by atoms with Gasteiger partial charge in [0.15, 0.2) is 12.2 Å². The molecule has 1 heterocycles. The Morgan fingerprint density at radius 3 is 1.97 bits per heavy atom. The second-order valence-electron chi connectivity index (χ2n) is 6.52. The predicted molar refractivity (Wildman–Crippen MR) is 99.5 cm³/mol. The van der Waals surface area contributed by atoms with Crippen molar-refractivity contribution >= 4 is 29.8 Å². The molecule has 1 aliphatic rings. The Hall–Kier alpha value is -2.95. The van der Waals surface area contributed by atoms with E-state index in [-0.39, 0.29) is 13.0 Å². The minimum Gasteiger partial charge on any atom is -0.463 e. The van der Waals surface area contributed by atoms with Crippen LogP contribution >= 0.6 is 0 Å². The summed E-state index contributed by atoms with van der Waals surface area (Å²) in [5, 5.41) is 2.59. The molecule has 0 aromatic heterocycles. The van der Waals surface area contributed by atoms with Crippen molar-refractivity contribution in [2.45, 2.75) is 71.2 Å². The van der Waals surface area contributed by atoms with Crippen LogP contribution in [0.15, 0.2) is 12.7 Å². The number of esters is 4. The van der Waals surface area contributed by atoms with Gasteiger partial charge in [-0.25, -0.2) is 0 Å². The van der Waals surface area contributed by atoms with Crippen molar-refractivity contribution in [3.63, 3.8) is 0 Å². The largest absolute Gasteiger partial charge is 0.463 e. The van der Waals surface area contributed by atoms with Crippen LogP contribution in [0.5, 0.6) is 0 Å². The van der Waals surface area contributed by atoms with E-state index in [9.17, 15) is 24.0 Å². The van der Waals surface area contributed by atoms with Gasteiger partial charge < -0.3 is 29.0 Å². The van der Waals surface area contributed by atoms with Gasteiger partial charge in [0.25, 0.3) is 0 Å². The Morgan fingerprint density at radius 1 is 0.900 bits per heavy atom. The first-order valence-electron chi connectivity index (χ1n) is 9.25. The Bertz CT molecular complexity index is 676. The normalized spacial score (nSPS) is 25.4. The Kier molecular flexibility index (Phi) is 9.96. The van der Waals surface area contributed by atoms with Gasteiger partial charge in [-0.15, -0.1) is 6.58 Å². The zero-order chi connectivity index (χ0) is 22.8. The first-order chi connectivity index (χ1) is 14.0. The number of carbonyl (C=O) groups excluding carboxylic acids is 5. The molecule has 1 aliphatic heterocycles.